The Hall–Kier alpha value is -1.45. The zero-order valence-corrected chi connectivity index (χ0v) is 12.1. The van der Waals surface area contributed by atoms with Crippen LogP contribution in [-0.4, -0.2) is 0 Å². The average Bonchev–Trinajstić information content (AvgIpc) is 2.32. The van der Waals surface area contributed by atoms with Gasteiger partial charge in [-0.3, -0.25) is 0 Å². The SMILES string of the molecule is Cc1cc(C)c(C(N)Cc2c(F)cccc2Cl)c(F)c1. The molecule has 0 bridgehead atoms. The van der Waals surface area contributed by atoms with E-state index in [-0.39, 0.29) is 12.2 Å². The molecule has 0 spiro atoms. The van der Waals surface area contributed by atoms with Gasteiger partial charge in [-0.05, 0) is 49.6 Å². The normalized spacial score (nSPS) is 12.5. The third-order valence-corrected chi connectivity index (χ3v) is 3.69. The number of halogens is 3. The van der Waals surface area contributed by atoms with Crippen molar-refractivity contribution in [2.75, 3.05) is 0 Å². The van der Waals surface area contributed by atoms with Crippen molar-refractivity contribution >= 4 is 11.6 Å². The van der Waals surface area contributed by atoms with E-state index in [1.165, 1.54) is 18.2 Å². The van der Waals surface area contributed by atoms with Gasteiger partial charge in [0, 0.05) is 22.2 Å². The van der Waals surface area contributed by atoms with Crippen LogP contribution in [0.1, 0.15) is 28.3 Å². The highest BCUT2D eigenvalue weighted by Gasteiger charge is 2.18. The Labute approximate surface area is 122 Å². The highest BCUT2D eigenvalue weighted by Crippen LogP contribution is 2.28. The molecule has 2 aromatic rings. The zero-order chi connectivity index (χ0) is 14.9. The second-order valence-electron chi connectivity index (χ2n) is 4.99. The molecule has 0 saturated carbocycles. The lowest BCUT2D eigenvalue weighted by Crippen LogP contribution is -2.17. The summed E-state index contributed by atoms with van der Waals surface area (Å²) in [6, 6.07) is 7.12. The summed E-state index contributed by atoms with van der Waals surface area (Å²) in [5, 5.41) is 0.311. The molecule has 0 heterocycles. The van der Waals surface area contributed by atoms with Crippen molar-refractivity contribution in [3.63, 3.8) is 0 Å². The smallest absolute Gasteiger partial charge is 0.128 e. The third-order valence-electron chi connectivity index (χ3n) is 3.34. The summed E-state index contributed by atoms with van der Waals surface area (Å²) in [5.74, 6) is -0.777. The number of rotatable bonds is 3. The van der Waals surface area contributed by atoms with Gasteiger partial charge in [0.1, 0.15) is 11.6 Å². The van der Waals surface area contributed by atoms with Crippen LogP contribution in [0, 0.1) is 25.5 Å². The van der Waals surface area contributed by atoms with E-state index in [0.29, 0.717) is 16.1 Å². The Morgan fingerprint density at radius 1 is 1.15 bits per heavy atom. The largest absolute Gasteiger partial charge is 0.324 e. The highest BCUT2D eigenvalue weighted by atomic mass is 35.5. The summed E-state index contributed by atoms with van der Waals surface area (Å²) in [7, 11) is 0. The van der Waals surface area contributed by atoms with Gasteiger partial charge in [0.25, 0.3) is 0 Å². The van der Waals surface area contributed by atoms with Crippen molar-refractivity contribution < 1.29 is 8.78 Å². The van der Waals surface area contributed by atoms with Crippen LogP contribution in [0.25, 0.3) is 0 Å². The zero-order valence-electron chi connectivity index (χ0n) is 11.4. The van der Waals surface area contributed by atoms with Gasteiger partial charge in [-0.1, -0.05) is 23.7 Å². The Kier molecular flexibility index (Phi) is 4.41. The fourth-order valence-electron chi connectivity index (χ4n) is 2.45. The van der Waals surface area contributed by atoms with E-state index in [2.05, 4.69) is 0 Å². The molecule has 2 rings (SSSR count). The standard InChI is InChI=1S/C16H16ClF2N/c1-9-6-10(2)16(14(19)7-9)15(20)8-11-12(17)4-3-5-13(11)18/h3-7,15H,8,20H2,1-2H3. The summed E-state index contributed by atoms with van der Waals surface area (Å²) < 4.78 is 27.8. The molecule has 0 aliphatic carbocycles. The summed E-state index contributed by atoms with van der Waals surface area (Å²) in [4.78, 5) is 0. The van der Waals surface area contributed by atoms with E-state index in [1.54, 1.807) is 13.0 Å². The Morgan fingerprint density at radius 3 is 2.45 bits per heavy atom. The van der Waals surface area contributed by atoms with Crippen molar-refractivity contribution in [3.05, 3.63) is 69.2 Å². The number of hydrogen-bond acceptors (Lipinski definition) is 1. The molecule has 0 fully saturated rings. The van der Waals surface area contributed by atoms with Gasteiger partial charge < -0.3 is 5.73 Å². The molecule has 0 radical (unpaired) electrons. The molecular weight excluding hydrogens is 280 g/mol. The first-order valence-corrected chi connectivity index (χ1v) is 6.73. The summed E-state index contributed by atoms with van der Waals surface area (Å²) in [5.41, 5.74) is 8.38. The first kappa shape index (κ1) is 14.9. The minimum absolute atomic E-state index is 0.159. The molecule has 20 heavy (non-hydrogen) atoms. The maximum Gasteiger partial charge on any atom is 0.128 e. The van der Waals surface area contributed by atoms with Gasteiger partial charge >= 0.3 is 0 Å². The monoisotopic (exact) mass is 295 g/mol. The van der Waals surface area contributed by atoms with Crippen LogP contribution < -0.4 is 5.73 Å². The van der Waals surface area contributed by atoms with Crippen LogP contribution in [0.15, 0.2) is 30.3 Å². The lowest BCUT2D eigenvalue weighted by atomic mass is 9.94. The van der Waals surface area contributed by atoms with Crippen molar-refractivity contribution in [1.29, 1.82) is 0 Å². The van der Waals surface area contributed by atoms with Crippen LogP contribution in [0.4, 0.5) is 8.78 Å². The van der Waals surface area contributed by atoms with Crippen LogP contribution >= 0.6 is 11.6 Å². The van der Waals surface area contributed by atoms with E-state index >= 15 is 0 Å². The molecule has 1 nitrogen and oxygen atoms in total. The van der Waals surface area contributed by atoms with Gasteiger partial charge in [-0.2, -0.15) is 0 Å². The second-order valence-corrected chi connectivity index (χ2v) is 5.40. The third kappa shape index (κ3) is 3.00. The maximum atomic E-state index is 14.1. The highest BCUT2D eigenvalue weighted by molar-refractivity contribution is 6.31. The van der Waals surface area contributed by atoms with Crippen LogP contribution in [-0.2, 0) is 6.42 Å². The topological polar surface area (TPSA) is 26.0 Å². The van der Waals surface area contributed by atoms with Crippen LogP contribution in [0.3, 0.4) is 0 Å². The fraction of sp³-hybridized carbons (Fsp3) is 0.250. The molecule has 1 unspecified atom stereocenters. The molecule has 1 atom stereocenters. The van der Waals surface area contributed by atoms with Crippen molar-refractivity contribution in [1.82, 2.24) is 0 Å². The molecule has 0 aromatic heterocycles. The Morgan fingerprint density at radius 2 is 1.85 bits per heavy atom. The van der Waals surface area contributed by atoms with E-state index in [9.17, 15) is 8.78 Å². The van der Waals surface area contributed by atoms with E-state index < -0.39 is 11.9 Å². The van der Waals surface area contributed by atoms with Crippen molar-refractivity contribution in [3.8, 4) is 0 Å². The molecule has 0 aliphatic rings. The maximum absolute atomic E-state index is 14.1. The fourth-order valence-corrected chi connectivity index (χ4v) is 2.69. The molecule has 2 aromatic carbocycles. The predicted molar refractivity (Wildman–Crippen MR) is 77.9 cm³/mol. The van der Waals surface area contributed by atoms with Crippen LogP contribution in [0.5, 0.6) is 0 Å². The molecule has 4 heteroatoms. The van der Waals surface area contributed by atoms with E-state index in [1.807, 2.05) is 13.0 Å². The first-order chi connectivity index (χ1) is 9.40. The predicted octanol–water partition coefficient (Wildman–Crippen LogP) is 4.48. The number of aryl methyl sites for hydroxylation is 2. The molecule has 0 saturated heterocycles. The molecular formula is C16H16ClF2N. The lowest BCUT2D eigenvalue weighted by molar-refractivity contribution is 0.560. The Bertz CT molecular complexity index is 597. The molecule has 106 valence electrons. The van der Waals surface area contributed by atoms with E-state index in [0.717, 1.165) is 11.1 Å². The minimum Gasteiger partial charge on any atom is -0.324 e. The van der Waals surface area contributed by atoms with Crippen molar-refractivity contribution in [2.45, 2.75) is 26.3 Å². The Balaban J connectivity index is 2.36. The number of nitrogens with two attached hydrogens (primary N) is 1. The van der Waals surface area contributed by atoms with Gasteiger partial charge in [-0.15, -0.1) is 0 Å². The molecule has 2 N–H and O–H groups in total. The molecule has 0 aliphatic heterocycles. The van der Waals surface area contributed by atoms with Crippen LogP contribution in [0.2, 0.25) is 5.02 Å². The van der Waals surface area contributed by atoms with E-state index in [4.69, 9.17) is 17.3 Å². The van der Waals surface area contributed by atoms with Gasteiger partial charge in [0.15, 0.2) is 0 Å². The second kappa shape index (κ2) is 5.90. The lowest BCUT2D eigenvalue weighted by Gasteiger charge is -2.17. The summed E-state index contributed by atoms with van der Waals surface area (Å²) >= 11 is 5.98. The summed E-state index contributed by atoms with van der Waals surface area (Å²) in [6.07, 6.45) is 0.159. The first-order valence-electron chi connectivity index (χ1n) is 6.35. The average molecular weight is 296 g/mol. The van der Waals surface area contributed by atoms with Gasteiger partial charge in [-0.25, -0.2) is 8.78 Å². The quantitative estimate of drug-likeness (QED) is 0.888. The number of hydrogen-bond donors (Lipinski definition) is 1. The molecule has 0 amide bonds. The minimum atomic E-state index is -0.634. The number of benzene rings is 2. The summed E-state index contributed by atoms with van der Waals surface area (Å²) in [6.45, 7) is 3.62. The van der Waals surface area contributed by atoms with Crippen molar-refractivity contribution in [2.24, 2.45) is 5.73 Å². The van der Waals surface area contributed by atoms with Gasteiger partial charge in [0.05, 0.1) is 0 Å². The van der Waals surface area contributed by atoms with Gasteiger partial charge in [0.2, 0.25) is 0 Å².